The number of aromatic nitrogens is 2. The Bertz CT molecular complexity index is 2920. The zero-order valence-electron chi connectivity index (χ0n) is 27.0. The van der Waals surface area contributed by atoms with Crippen LogP contribution in [0, 0.1) is 0 Å². The lowest BCUT2D eigenvalue weighted by atomic mass is 9.77. The summed E-state index contributed by atoms with van der Waals surface area (Å²) in [5.74, 6) is 0.339. The quantitative estimate of drug-likeness (QED) is 0.158. The molecule has 0 bridgehead atoms. The summed E-state index contributed by atoms with van der Waals surface area (Å²) in [6.45, 7) is 8.79. The minimum Gasteiger partial charge on any atom is -0.308 e. The molecule has 2 unspecified atom stereocenters. The van der Waals surface area contributed by atoms with Gasteiger partial charge in [-0.3, -0.25) is 4.99 Å². The summed E-state index contributed by atoms with van der Waals surface area (Å²) in [4.78, 5) is 5.22. The van der Waals surface area contributed by atoms with E-state index in [2.05, 4.69) is 138 Å². The van der Waals surface area contributed by atoms with Crippen molar-refractivity contribution < 1.29 is 4.57 Å². The molecule has 9 aromatic rings. The molecule has 0 saturated carbocycles. The SMILES string of the molecule is C=CC1=NC(=C)CC2C(CCc3cc4c(cc31)c1cccc3c5c6c(ccc5n4c13)sc1ccccc16)c1ccccc1-c1cccc[n+]12. The first-order chi connectivity index (χ1) is 24.2. The van der Waals surface area contributed by atoms with Gasteiger partial charge in [-0.25, -0.2) is 0 Å². The summed E-state index contributed by atoms with van der Waals surface area (Å²) in [7, 11) is 0. The maximum Gasteiger partial charge on any atom is 0.213 e. The topological polar surface area (TPSA) is 20.6 Å². The zero-order chi connectivity index (χ0) is 32.4. The highest BCUT2D eigenvalue weighted by Crippen LogP contribution is 2.47. The monoisotopic (exact) mass is 646 g/mol. The molecule has 2 atom stereocenters. The van der Waals surface area contributed by atoms with Crippen molar-refractivity contribution in [2.75, 3.05) is 0 Å². The number of benzene rings is 5. The van der Waals surface area contributed by atoms with Gasteiger partial charge in [0.25, 0.3) is 0 Å². The molecule has 4 heteroatoms. The van der Waals surface area contributed by atoms with Crippen LogP contribution >= 0.6 is 11.3 Å². The van der Waals surface area contributed by atoms with Gasteiger partial charge in [-0.15, -0.1) is 11.3 Å². The van der Waals surface area contributed by atoms with Gasteiger partial charge in [0.05, 0.1) is 28.7 Å². The van der Waals surface area contributed by atoms with Crippen molar-refractivity contribution in [1.82, 2.24) is 4.40 Å². The first kappa shape index (κ1) is 27.4. The summed E-state index contributed by atoms with van der Waals surface area (Å²) >= 11 is 1.89. The number of thiophene rings is 1. The van der Waals surface area contributed by atoms with Gasteiger partial charge in [0, 0.05) is 76.6 Å². The van der Waals surface area contributed by atoms with Crippen molar-refractivity contribution >= 4 is 75.3 Å². The van der Waals surface area contributed by atoms with Crippen LogP contribution < -0.4 is 4.57 Å². The Labute approximate surface area is 287 Å². The third-order valence-corrected chi connectivity index (χ3v) is 12.4. The Hall–Kier alpha value is -5.58. The van der Waals surface area contributed by atoms with Gasteiger partial charge < -0.3 is 4.40 Å². The molecular weight excluding hydrogens is 615 g/mol. The van der Waals surface area contributed by atoms with Crippen molar-refractivity contribution in [3.63, 3.8) is 0 Å². The van der Waals surface area contributed by atoms with E-state index < -0.39 is 0 Å². The van der Waals surface area contributed by atoms with Crippen LogP contribution in [0.2, 0.25) is 0 Å². The third kappa shape index (κ3) is 3.67. The lowest BCUT2D eigenvalue weighted by Crippen LogP contribution is -2.47. The molecule has 0 radical (unpaired) electrons. The summed E-state index contributed by atoms with van der Waals surface area (Å²) in [6, 6.07) is 41.0. The maximum absolute atomic E-state index is 5.22. The summed E-state index contributed by atoms with van der Waals surface area (Å²) in [6.07, 6.45) is 6.94. The average molecular weight is 647 g/mol. The second kappa shape index (κ2) is 9.97. The second-order valence-electron chi connectivity index (χ2n) is 13.8. The van der Waals surface area contributed by atoms with Crippen molar-refractivity contribution in [3.05, 3.63) is 157 Å². The Balaban J connectivity index is 1.18. The number of nitrogens with zero attached hydrogens (tertiary/aromatic N) is 3. The van der Waals surface area contributed by atoms with Gasteiger partial charge in [0.2, 0.25) is 5.69 Å². The predicted octanol–water partition coefficient (Wildman–Crippen LogP) is 11.3. The number of pyridine rings is 1. The van der Waals surface area contributed by atoms with E-state index >= 15 is 0 Å². The Morgan fingerprint density at radius 1 is 0.755 bits per heavy atom. The van der Waals surface area contributed by atoms with Crippen molar-refractivity contribution in [3.8, 4) is 11.3 Å². The number of aryl methyl sites for hydroxylation is 1. The van der Waals surface area contributed by atoms with E-state index in [1.54, 1.807) is 0 Å². The second-order valence-corrected chi connectivity index (χ2v) is 14.8. The zero-order valence-corrected chi connectivity index (χ0v) is 27.8. The average Bonchev–Trinajstić information content (AvgIpc) is 3.79. The van der Waals surface area contributed by atoms with Crippen LogP contribution in [0.25, 0.3) is 69.5 Å². The predicted molar refractivity (Wildman–Crippen MR) is 207 cm³/mol. The molecule has 232 valence electrons. The fourth-order valence-electron chi connectivity index (χ4n) is 9.32. The molecule has 3 nitrogen and oxygen atoms in total. The summed E-state index contributed by atoms with van der Waals surface area (Å²) in [5, 5.41) is 7.95. The van der Waals surface area contributed by atoms with Crippen LogP contribution in [-0.2, 0) is 6.42 Å². The largest absolute Gasteiger partial charge is 0.308 e. The van der Waals surface area contributed by atoms with Gasteiger partial charge in [-0.2, -0.15) is 4.57 Å². The molecule has 2 aliphatic heterocycles. The molecule has 0 spiro atoms. The molecule has 11 rings (SSSR count). The molecule has 2 aliphatic rings. The molecule has 49 heavy (non-hydrogen) atoms. The fraction of sp³-hybridized carbons (Fsp3) is 0.111. The van der Waals surface area contributed by atoms with E-state index in [0.717, 1.165) is 30.7 Å². The molecule has 0 aliphatic carbocycles. The van der Waals surface area contributed by atoms with Gasteiger partial charge in [0.15, 0.2) is 12.2 Å². The molecular formula is C45H32N3S+. The highest BCUT2D eigenvalue weighted by molar-refractivity contribution is 7.26. The van der Waals surface area contributed by atoms with Gasteiger partial charge in [-0.05, 0) is 72.5 Å². The van der Waals surface area contributed by atoms with E-state index in [9.17, 15) is 0 Å². The van der Waals surface area contributed by atoms with Gasteiger partial charge in [0.1, 0.15) is 0 Å². The number of hydrogen-bond donors (Lipinski definition) is 0. The first-order valence-corrected chi connectivity index (χ1v) is 18.0. The van der Waals surface area contributed by atoms with E-state index in [4.69, 9.17) is 4.99 Å². The lowest BCUT2D eigenvalue weighted by Gasteiger charge is -2.31. The molecule has 0 fully saturated rings. The van der Waals surface area contributed by atoms with Crippen LogP contribution in [0.3, 0.4) is 0 Å². The highest BCUT2D eigenvalue weighted by Gasteiger charge is 2.40. The molecule has 4 aromatic heterocycles. The molecule has 5 aromatic carbocycles. The van der Waals surface area contributed by atoms with Crippen LogP contribution in [0.1, 0.15) is 41.5 Å². The number of allylic oxidation sites excluding steroid dienone is 2. The number of fused-ring (bicyclic) bond motifs is 17. The molecule has 0 N–H and O–H groups in total. The number of aliphatic imine (C=N–C) groups is 1. The minimum atomic E-state index is 0.240. The lowest BCUT2D eigenvalue weighted by molar-refractivity contribution is -0.718. The van der Waals surface area contributed by atoms with Crippen LogP contribution in [0.15, 0.2) is 145 Å². The van der Waals surface area contributed by atoms with Crippen molar-refractivity contribution in [1.29, 1.82) is 0 Å². The molecule has 0 saturated heterocycles. The van der Waals surface area contributed by atoms with Crippen molar-refractivity contribution in [2.45, 2.75) is 31.2 Å². The van der Waals surface area contributed by atoms with Gasteiger partial charge in [-0.1, -0.05) is 67.8 Å². The molecule has 0 amide bonds. The van der Waals surface area contributed by atoms with Crippen LogP contribution in [0.4, 0.5) is 0 Å². The van der Waals surface area contributed by atoms with E-state index in [-0.39, 0.29) is 6.04 Å². The van der Waals surface area contributed by atoms with E-state index in [0.29, 0.717) is 5.92 Å². The summed E-state index contributed by atoms with van der Waals surface area (Å²) in [5.41, 5.74) is 12.2. The number of rotatable bonds is 1. The maximum atomic E-state index is 5.22. The third-order valence-electron chi connectivity index (χ3n) is 11.3. The van der Waals surface area contributed by atoms with Crippen LogP contribution in [-0.4, -0.2) is 10.1 Å². The van der Waals surface area contributed by atoms with Gasteiger partial charge >= 0.3 is 0 Å². The van der Waals surface area contributed by atoms with E-state index in [1.807, 2.05) is 17.4 Å². The van der Waals surface area contributed by atoms with Crippen molar-refractivity contribution in [2.24, 2.45) is 4.99 Å². The number of hydrogen-bond acceptors (Lipinski definition) is 2. The normalized spacial score (nSPS) is 17.8. The van der Waals surface area contributed by atoms with E-state index in [1.165, 1.54) is 86.2 Å². The summed E-state index contributed by atoms with van der Waals surface area (Å²) < 4.78 is 7.70. The number of para-hydroxylation sites is 1. The fourth-order valence-corrected chi connectivity index (χ4v) is 10.4. The Morgan fingerprint density at radius 2 is 1.59 bits per heavy atom. The standard InChI is InChI=1S/C45H32N3S/c1-3-36-34-25-35-31-14-10-15-33-43-38(20-21-42-44(43)32-13-6-7-17-41(32)49-42)48(45(31)33)40(35)24-27(34)18-19-30-28-11-4-5-12-29(28)37-16-8-9-22-47(37)39(30)23-26(2)46-36/h3-17,20-22,24-25,30,39H,1-2,18-19,23H2/q+1. The smallest absolute Gasteiger partial charge is 0.213 e. The highest BCUT2D eigenvalue weighted by atomic mass is 32.1. The Morgan fingerprint density at radius 3 is 2.53 bits per heavy atom. The van der Waals surface area contributed by atoms with Crippen LogP contribution in [0.5, 0.6) is 0 Å². The Kier molecular flexibility index (Phi) is 5.57. The minimum absolute atomic E-state index is 0.240. The molecule has 6 heterocycles. The first-order valence-electron chi connectivity index (χ1n) is 17.2.